The number of fused-ring (bicyclic) bond motifs is 1. The standard InChI is InChI=1S/C24H21N7O/c1-25-23-20-13-26-22(29-24(32)17-9-10-17)11-19(20)18(12-27-23)8-5-15-3-6-16(7-4-15)21-14-28-31(2)30-21/h3-4,6-7,11-14,17H,9-10H2,1-2H3,(H,25,27)(H,26,29,32). The third kappa shape index (κ3) is 4.01. The van der Waals surface area contributed by atoms with Crippen LogP contribution in [0.2, 0.25) is 0 Å². The second kappa shape index (κ2) is 8.12. The molecule has 32 heavy (non-hydrogen) atoms. The van der Waals surface area contributed by atoms with Crippen molar-refractivity contribution in [2.24, 2.45) is 13.0 Å². The Balaban J connectivity index is 1.47. The molecule has 0 spiro atoms. The average molecular weight is 423 g/mol. The molecular formula is C24H21N7O. The maximum atomic E-state index is 12.1. The molecule has 0 radical (unpaired) electrons. The summed E-state index contributed by atoms with van der Waals surface area (Å²) in [5.41, 5.74) is 3.44. The molecule has 0 atom stereocenters. The lowest BCUT2D eigenvalue weighted by Gasteiger charge is -2.09. The van der Waals surface area contributed by atoms with Crippen LogP contribution in [-0.2, 0) is 11.8 Å². The maximum Gasteiger partial charge on any atom is 0.228 e. The molecule has 0 aliphatic heterocycles. The maximum absolute atomic E-state index is 12.1. The third-order valence-corrected chi connectivity index (χ3v) is 5.33. The minimum absolute atomic E-state index is 0.0237. The highest BCUT2D eigenvalue weighted by atomic mass is 16.2. The van der Waals surface area contributed by atoms with Gasteiger partial charge in [0.25, 0.3) is 0 Å². The van der Waals surface area contributed by atoms with E-state index in [9.17, 15) is 4.79 Å². The Morgan fingerprint density at radius 2 is 1.88 bits per heavy atom. The number of nitrogens with one attached hydrogen (secondary N) is 2. The smallest absolute Gasteiger partial charge is 0.228 e. The topological polar surface area (TPSA) is 97.6 Å². The van der Waals surface area contributed by atoms with Crippen LogP contribution in [0.4, 0.5) is 11.6 Å². The van der Waals surface area contributed by atoms with Crippen LogP contribution in [0.3, 0.4) is 0 Å². The van der Waals surface area contributed by atoms with E-state index in [1.807, 2.05) is 37.4 Å². The third-order valence-electron chi connectivity index (χ3n) is 5.33. The Kier molecular flexibility index (Phi) is 5.00. The first-order valence-electron chi connectivity index (χ1n) is 10.4. The van der Waals surface area contributed by atoms with Crippen LogP contribution in [0.15, 0.2) is 48.9 Å². The zero-order valence-corrected chi connectivity index (χ0v) is 17.8. The number of benzene rings is 1. The average Bonchev–Trinajstić information content (AvgIpc) is 3.58. The van der Waals surface area contributed by atoms with Gasteiger partial charge in [-0.25, -0.2) is 9.97 Å². The fourth-order valence-electron chi connectivity index (χ4n) is 3.42. The van der Waals surface area contributed by atoms with Crippen molar-refractivity contribution in [3.05, 3.63) is 60.0 Å². The van der Waals surface area contributed by atoms with E-state index in [0.717, 1.165) is 46.0 Å². The van der Waals surface area contributed by atoms with Crippen LogP contribution < -0.4 is 10.6 Å². The fourth-order valence-corrected chi connectivity index (χ4v) is 3.42. The van der Waals surface area contributed by atoms with Gasteiger partial charge < -0.3 is 10.6 Å². The largest absolute Gasteiger partial charge is 0.373 e. The predicted octanol–water partition coefficient (Wildman–Crippen LogP) is 3.22. The van der Waals surface area contributed by atoms with Crippen molar-refractivity contribution in [1.29, 1.82) is 0 Å². The van der Waals surface area contributed by atoms with Gasteiger partial charge in [-0.15, -0.1) is 0 Å². The Morgan fingerprint density at radius 1 is 1.06 bits per heavy atom. The Labute approximate surface area is 185 Å². The molecule has 1 aliphatic rings. The number of aryl methyl sites for hydroxylation is 1. The molecule has 1 saturated carbocycles. The van der Waals surface area contributed by atoms with Crippen LogP contribution in [0, 0.1) is 17.8 Å². The van der Waals surface area contributed by atoms with Gasteiger partial charge in [0.05, 0.1) is 11.8 Å². The van der Waals surface area contributed by atoms with Crippen LogP contribution in [0.25, 0.3) is 22.0 Å². The number of pyridine rings is 2. The predicted molar refractivity (Wildman–Crippen MR) is 123 cm³/mol. The van der Waals surface area contributed by atoms with E-state index in [0.29, 0.717) is 11.6 Å². The highest BCUT2D eigenvalue weighted by Gasteiger charge is 2.29. The van der Waals surface area contributed by atoms with E-state index in [2.05, 4.69) is 42.6 Å². The molecule has 3 aromatic heterocycles. The number of anilines is 2. The quantitative estimate of drug-likeness (QED) is 0.489. The highest BCUT2D eigenvalue weighted by molar-refractivity contribution is 5.99. The zero-order valence-electron chi connectivity index (χ0n) is 17.8. The lowest BCUT2D eigenvalue weighted by molar-refractivity contribution is -0.117. The summed E-state index contributed by atoms with van der Waals surface area (Å²) in [6.07, 6.45) is 7.08. The summed E-state index contributed by atoms with van der Waals surface area (Å²) in [4.78, 5) is 22.5. The molecule has 2 N–H and O–H groups in total. The van der Waals surface area contributed by atoms with Crippen molar-refractivity contribution in [3.63, 3.8) is 0 Å². The zero-order chi connectivity index (χ0) is 22.1. The number of amides is 1. The van der Waals surface area contributed by atoms with Crippen molar-refractivity contribution >= 4 is 28.3 Å². The highest BCUT2D eigenvalue weighted by Crippen LogP contribution is 2.31. The number of nitrogens with zero attached hydrogens (tertiary/aromatic N) is 5. The van der Waals surface area contributed by atoms with Gasteiger partial charge in [0.15, 0.2) is 0 Å². The van der Waals surface area contributed by atoms with E-state index < -0.39 is 0 Å². The van der Waals surface area contributed by atoms with Gasteiger partial charge in [-0.05, 0) is 31.0 Å². The molecule has 1 fully saturated rings. The molecule has 0 saturated heterocycles. The van der Waals surface area contributed by atoms with E-state index in [4.69, 9.17) is 0 Å². The van der Waals surface area contributed by atoms with Gasteiger partial charge in [-0.3, -0.25) is 4.79 Å². The summed E-state index contributed by atoms with van der Waals surface area (Å²) < 4.78 is 0. The van der Waals surface area contributed by atoms with E-state index >= 15 is 0 Å². The molecule has 8 heteroatoms. The lowest BCUT2D eigenvalue weighted by atomic mass is 10.1. The molecular weight excluding hydrogens is 402 g/mol. The van der Waals surface area contributed by atoms with Crippen molar-refractivity contribution in [1.82, 2.24) is 25.0 Å². The molecule has 1 aliphatic carbocycles. The molecule has 5 rings (SSSR count). The summed E-state index contributed by atoms with van der Waals surface area (Å²) >= 11 is 0. The Bertz CT molecular complexity index is 1380. The molecule has 4 aromatic rings. The molecule has 0 bridgehead atoms. The number of hydrogen-bond acceptors (Lipinski definition) is 6. The van der Waals surface area contributed by atoms with Crippen LogP contribution >= 0.6 is 0 Å². The fraction of sp³-hybridized carbons (Fsp3) is 0.208. The van der Waals surface area contributed by atoms with Gasteiger partial charge >= 0.3 is 0 Å². The van der Waals surface area contributed by atoms with Crippen molar-refractivity contribution in [2.45, 2.75) is 12.8 Å². The van der Waals surface area contributed by atoms with E-state index in [1.165, 1.54) is 4.80 Å². The van der Waals surface area contributed by atoms with Gasteiger partial charge in [0, 0.05) is 54.3 Å². The summed E-state index contributed by atoms with van der Waals surface area (Å²) in [6, 6.07) is 9.72. The number of carbonyl (C=O) groups excluding carboxylic acids is 1. The van der Waals surface area contributed by atoms with Crippen LogP contribution in [0.5, 0.6) is 0 Å². The second-order valence-corrected chi connectivity index (χ2v) is 7.70. The monoisotopic (exact) mass is 423 g/mol. The summed E-state index contributed by atoms with van der Waals surface area (Å²) in [7, 11) is 3.61. The van der Waals surface area contributed by atoms with Gasteiger partial charge in [0.1, 0.15) is 17.3 Å². The number of carbonyl (C=O) groups is 1. The van der Waals surface area contributed by atoms with E-state index in [1.54, 1.807) is 25.6 Å². The Morgan fingerprint density at radius 3 is 2.56 bits per heavy atom. The first-order valence-corrected chi connectivity index (χ1v) is 10.4. The van der Waals surface area contributed by atoms with Crippen LogP contribution in [0.1, 0.15) is 24.0 Å². The number of hydrogen-bond donors (Lipinski definition) is 2. The summed E-state index contributed by atoms with van der Waals surface area (Å²) in [5, 5.41) is 16.1. The van der Waals surface area contributed by atoms with Crippen LogP contribution in [-0.4, -0.2) is 37.9 Å². The number of rotatable bonds is 4. The van der Waals surface area contributed by atoms with Crippen molar-refractivity contribution in [3.8, 4) is 23.1 Å². The molecule has 8 nitrogen and oxygen atoms in total. The SMILES string of the molecule is CNc1ncc(C#Cc2ccc(-c3cnn(C)n3)cc2)c2cc(NC(=O)C3CC3)ncc12. The molecule has 158 valence electrons. The first-order chi connectivity index (χ1) is 15.6. The molecule has 0 unspecified atom stereocenters. The van der Waals surface area contributed by atoms with Gasteiger partial charge in [-0.1, -0.05) is 24.0 Å². The summed E-state index contributed by atoms with van der Waals surface area (Å²) in [5.74, 6) is 7.80. The molecule has 1 aromatic carbocycles. The second-order valence-electron chi connectivity index (χ2n) is 7.70. The van der Waals surface area contributed by atoms with Crippen molar-refractivity contribution < 1.29 is 4.79 Å². The lowest BCUT2D eigenvalue weighted by Crippen LogP contribution is -2.14. The van der Waals surface area contributed by atoms with Gasteiger partial charge in [0.2, 0.25) is 5.91 Å². The van der Waals surface area contributed by atoms with E-state index in [-0.39, 0.29) is 11.8 Å². The number of aromatic nitrogens is 5. The Hall–Kier alpha value is -4.25. The first kappa shape index (κ1) is 19.7. The molecule has 3 heterocycles. The molecule has 1 amide bonds. The minimum Gasteiger partial charge on any atom is -0.373 e. The van der Waals surface area contributed by atoms with Gasteiger partial charge in [-0.2, -0.15) is 15.0 Å². The normalized spacial score (nSPS) is 12.8. The van der Waals surface area contributed by atoms with Crippen molar-refractivity contribution in [2.75, 3.05) is 17.7 Å². The summed E-state index contributed by atoms with van der Waals surface area (Å²) in [6.45, 7) is 0. The minimum atomic E-state index is 0.0237.